The van der Waals surface area contributed by atoms with Crippen molar-refractivity contribution in [1.82, 2.24) is 9.88 Å². The maximum absolute atomic E-state index is 5.96. The van der Waals surface area contributed by atoms with Crippen LogP contribution in [-0.2, 0) is 27.2 Å². The molecule has 3 rings (SSSR count). The summed E-state index contributed by atoms with van der Waals surface area (Å²) in [7, 11) is 1.67. The summed E-state index contributed by atoms with van der Waals surface area (Å²) in [5, 5.41) is 0.578. The molecule has 1 aromatic heterocycles. The van der Waals surface area contributed by atoms with Crippen LogP contribution in [0.1, 0.15) is 16.1 Å². The molecule has 1 aliphatic rings. The van der Waals surface area contributed by atoms with E-state index in [0.717, 1.165) is 61.2 Å². The third kappa shape index (κ3) is 6.72. The van der Waals surface area contributed by atoms with Gasteiger partial charge in [-0.15, -0.1) is 11.3 Å². The first kappa shape index (κ1) is 21.0. The van der Waals surface area contributed by atoms with Crippen LogP contribution in [0.15, 0.2) is 24.3 Å². The summed E-state index contributed by atoms with van der Waals surface area (Å²) in [5.74, 6) is 0.843. The molecule has 0 atom stereocenters. The fourth-order valence-corrected chi connectivity index (χ4v) is 3.88. The molecule has 2 N–H and O–H groups in total. The Bertz CT molecular complexity index is 719. The maximum Gasteiger partial charge on any atom is 0.180 e. The van der Waals surface area contributed by atoms with E-state index in [1.807, 2.05) is 12.1 Å². The van der Waals surface area contributed by atoms with Crippen LogP contribution in [0.25, 0.3) is 0 Å². The third-order valence-electron chi connectivity index (χ3n) is 4.51. The van der Waals surface area contributed by atoms with Gasteiger partial charge in [-0.05, 0) is 17.7 Å². The fraction of sp³-hybridized carbons (Fsp3) is 0.550. The molecule has 0 aliphatic carbocycles. The smallest absolute Gasteiger partial charge is 0.180 e. The van der Waals surface area contributed by atoms with Crippen molar-refractivity contribution < 1.29 is 18.9 Å². The van der Waals surface area contributed by atoms with Crippen molar-refractivity contribution in [3.8, 4) is 5.75 Å². The molecule has 7 nitrogen and oxygen atoms in total. The zero-order valence-electron chi connectivity index (χ0n) is 16.4. The van der Waals surface area contributed by atoms with Crippen LogP contribution in [0.2, 0.25) is 0 Å². The third-order valence-corrected chi connectivity index (χ3v) is 5.44. The lowest BCUT2D eigenvalue weighted by Gasteiger charge is -2.26. The summed E-state index contributed by atoms with van der Waals surface area (Å²) in [5.41, 5.74) is 8.04. The van der Waals surface area contributed by atoms with Gasteiger partial charge in [0.15, 0.2) is 5.13 Å². The van der Waals surface area contributed by atoms with Gasteiger partial charge in [0.05, 0.1) is 38.7 Å². The van der Waals surface area contributed by atoms with E-state index in [-0.39, 0.29) is 0 Å². The first-order chi connectivity index (χ1) is 13.7. The lowest BCUT2D eigenvalue weighted by Crippen LogP contribution is -2.38. The van der Waals surface area contributed by atoms with Crippen LogP contribution < -0.4 is 10.5 Å². The van der Waals surface area contributed by atoms with E-state index < -0.39 is 0 Å². The predicted molar refractivity (Wildman–Crippen MR) is 110 cm³/mol. The number of morpholine rings is 1. The van der Waals surface area contributed by atoms with Crippen molar-refractivity contribution in [3.05, 3.63) is 40.4 Å². The number of nitrogens with two attached hydrogens (primary N) is 1. The van der Waals surface area contributed by atoms with E-state index in [2.05, 4.69) is 22.0 Å². The lowest BCUT2D eigenvalue weighted by molar-refractivity contribution is 0.0177. The summed E-state index contributed by atoms with van der Waals surface area (Å²) >= 11 is 1.52. The highest BCUT2D eigenvalue weighted by Crippen LogP contribution is 2.25. The highest BCUT2D eigenvalue weighted by atomic mass is 32.1. The topological polar surface area (TPSA) is 79.1 Å². The number of ether oxygens (including phenoxy) is 4. The highest BCUT2D eigenvalue weighted by molar-refractivity contribution is 7.15. The van der Waals surface area contributed by atoms with Gasteiger partial charge in [0.2, 0.25) is 0 Å². The second-order valence-electron chi connectivity index (χ2n) is 6.59. The average Bonchev–Trinajstić information content (AvgIpc) is 3.05. The molecule has 0 radical (unpaired) electrons. The zero-order chi connectivity index (χ0) is 19.6. The van der Waals surface area contributed by atoms with Crippen LogP contribution in [0.4, 0.5) is 5.13 Å². The van der Waals surface area contributed by atoms with Crippen LogP contribution in [0, 0.1) is 0 Å². The van der Waals surface area contributed by atoms with Gasteiger partial charge >= 0.3 is 0 Å². The molecule has 0 bridgehead atoms. The molecule has 154 valence electrons. The van der Waals surface area contributed by atoms with E-state index in [0.29, 0.717) is 31.6 Å². The molecule has 28 heavy (non-hydrogen) atoms. The summed E-state index contributed by atoms with van der Waals surface area (Å²) < 4.78 is 22.0. The molecule has 1 aliphatic heterocycles. The van der Waals surface area contributed by atoms with E-state index in [4.69, 9.17) is 24.7 Å². The quantitative estimate of drug-likeness (QED) is 0.572. The van der Waals surface area contributed by atoms with Crippen LogP contribution in [0.5, 0.6) is 5.75 Å². The molecule has 0 spiro atoms. The Morgan fingerprint density at radius 3 is 2.89 bits per heavy atom. The number of nitrogens with zero attached hydrogens (tertiary/aromatic N) is 2. The lowest BCUT2D eigenvalue weighted by atomic mass is 10.1. The number of nitrogen functional groups attached to an aromatic ring is 1. The van der Waals surface area contributed by atoms with E-state index in [9.17, 15) is 0 Å². The van der Waals surface area contributed by atoms with Crippen molar-refractivity contribution >= 4 is 16.5 Å². The van der Waals surface area contributed by atoms with Crippen LogP contribution in [0.3, 0.4) is 0 Å². The minimum Gasteiger partial charge on any atom is -0.491 e. The summed E-state index contributed by atoms with van der Waals surface area (Å²) in [6.45, 7) is 6.75. The van der Waals surface area contributed by atoms with Gasteiger partial charge in [-0.3, -0.25) is 4.90 Å². The second-order valence-corrected chi connectivity index (χ2v) is 7.71. The number of anilines is 1. The molecule has 0 amide bonds. The van der Waals surface area contributed by atoms with Crippen molar-refractivity contribution in [2.45, 2.75) is 13.0 Å². The summed E-state index contributed by atoms with van der Waals surface area (Å²) in [4.78, 5) is 7.96. The minimum atomic E-state index is 0.484. The number of hydrogen-bond acceptors (Lipinski definition) is 8. The van der Waals surface area contributed by atoms with E-state index in [1.165, 1.54) is 11.3 Å². The molecule has 1 saturated heterocycles. The maximum atomic E-state index is 5.96. The Labute approximate surface area is 170 Å². The SMILES string of the molecule is COCCOc1cccc(Cc2sc(N)nc2COCCN2CCOCC2)c1. The molecule has 2 aromatic rings. The first-order valence-electron chi connectivity index (χ1n) is 9.57. The second kappa shape index (κ2) is 11.3. The van der Waals surface area contributed by atoms with Gasteiger partial charge in [-0.25, -0.2) is 4.98 Å². The normalized spacial score (nSPS) is 15.0. The standard InChI is InChI=1S/C20H29N3O4S/c1-24-11-12-27-17-4-2-3-16(13-17)14-19-18(22-20(21)28-19)15-26-10-7-23-5-8-25-9-6-23/h2-4,13H,5-12,14-15H2,1H3,(H2,21,22). The Morgan fingerprint density at radius 1 is 1.21 bits per heavy atom. The van der Waals surface area contributed by atoms with E-state index >= 15 is 0 Å². The molecule has 8 heteroatoms. The summed E-state index contributed by atoms with van der Waals surface area (Å²) in [6.07, 6.45) is 0.762. The molecular weight excluding hydrogens is 378 g/mol. The van der Waals surface area contributed by atoms with Crippen molar-refractivity contribution in [2.75, 3.05) is 65.5 Å². The molecule has 2 heterocycles. The average molecular weight is 408 g/mol. The minimum absolute atomic E-state index is 0.484. The fourth-order valence-electron chi connectivity index (χ4n) is 3.01. The summed E-state index contributed by atoms with van der Waals surface area (Å²) in [6, 6.07) is 8.09. The number of rotatable bonds is 11. The van der Waals surface area contributed by atoms with Gasteiger partial charge < -0.3 is 24.7 Å². The molecule has 1 fully saturated rings. The van der Waals surface area contributed by atoms with Gasteiger partial charge in [0, 0.05) is 38.0 Å². The Morgan fingerprint density at radius 2 is 2.07 bits per heavy atom. The highest BCUT2D eigenvalue weighted by Gasteiger charge is 2.13. The Kier molecular flexibility index (Phi) is 8.50. The molecular formula is C20H29N3O4S. The van der Waals surface area contributed by atoms with Gasteiger partial charge in [0.1, 0.15) is 12.4 Å². The van der Waals surface area contributed by atoms with Crippen LogP contribution in [-0.4, -0.2) is 69.7 Å². The van der Waals surface area contributed by atoms with Crippen molar-refractivity contribution in [2.24, 2.45) is 0 Å². The number of thiazole rings is 1. The Hall–Kier alpha value is -1.71. The van der Waals surface area contributed by atoms with Crippen molar-refractivity contribution in [1.29, 1.82) is 0 Å². The van der Waals surface area contributed by atoms with Gasteiger partial charge in [0.25, 0.3) is 0 Å². The monoisotopic (exact) mass is 407 g/mol. The van der Waals surface area contributed by atoms with Crippen LogP contribution >= 0.6 is 11.3 Å². The van der Waals surface area contributed by atoms with Gasteiger partial charge in [-0.1, -0.05) is 12.1 Å². The number of hydrogen-bond donors (Lipinski definition) is 1. The largest absolute Gasteiger partial charge is 0.491 e. The number of aromatic nitrogens is 1. The zero-order valence-corrected chi connectivity index (χ0v) is 17.2. The predicted octanol–water partition coefficient (Wildman–Crippen LogP) is 2.19. The molecule has 0 unspecified atom stereocenters. The van der Waals surface area contributed by atoms with E-state index in [1.54, 1.807) is 7.11 Å². The molecule has 0 saturated carbocycles. The molecule has 1 aromatic carbocycles. The first-order valence-corrected chi connectivity index (χ1v) is 10.4. The number of methoxy groups -OCH3 is 1. The Balaban J connectivity index is 1.51. The van der Waals surface area contributed by atoms with Crippen molar-refractivity contribution in [3.63, 3.8) is 0 Å². The van der Waals surface area contributed by atoms with Gasteiger partial charge in [-0.2, -0.15) is 0 Å². The number of benzene rings is 1.